The molecule has 1 amide bonds. The maximum Gasteiger partial charge on any atom is 0.291 e. The Kier molecular flexibility index (Phi) is 5.01. The van der Waals surface area contributed by atoms with Crippen LogP contribution >= 0.6 is 0 Å². The molecule has 126 valence electrons. The lowest BCUT2D eigenvalue weighted by Crippen LogP contribution is -2.00. The van der Waals surface area contributed by atoms with Gasteiger partial charge in [-0.1, -0.05) is 48.5 Å². The van der Waals surface area contributed by atoms with Crippen LogP contribution in [0, 0.1) is 0 Å². The Morgan fingerprint density at radius 3 is 2.56 bits per heavy atom. The number of rotatable bonds is 5. The van der Waals surface area contributed by atoms with Crippen molar-refractivity contribution in [3.05, 3.63) is 65.7 Å². The van der Waals surface area contributed by atoms with E-state index in [1.54, 1.807) is 18.2 Å². The van der Waals surface area contributed by atoms with Crippen molar-refractivity contribution in [3.8, 4) is 5.88 Å². The summed E-state index contributed by atoms with van der Waals surface area (Å²) in [6.45, 7) is -0.168. The number of hydrogen-bond acceptors (Lipinski definition) is 4. The first-order chi connectivity index (χ1) is 12.2. The zero-order valence-corrected chi connectivity index (χ0v) is 13.4. The van der Waals surface area contributed by atoms with Crippen LogP contribution in [-0.2, 0) is 4.79 Å². The number of fused-ring (bicyclic) bond motifs is 1. The molecule has 0 spiro atoms. The molecule has 0 aliphatic heterocycles. The predicted molar refractivity (Wildman–Crippen MR) is 95.6 cm³/mol. The van der Waals surface area contributed by atoms with E-state index in [4.69, 9.17) is 0 Å². The maximum absolute atomic E-state index is 12.3. The fraction of sp³-hybridized carbons (Fsp3) is 0.105. The number of benzene rings is 2. The van der Waals surface area contributed by atoms with E-state index in [0.29, 0.717) is 16.5 Å². The van der Waals surface area contributed by atoms with Gasteiger partial charge >= 0.3 is 0 Å². The van der Waals surface area contributed by atoms with Gasteiger partial charge in [0.05, 0.1) is 5.52 Å². The normalized spacial score (nSPS) is 12.1. The molecular formula is C19H17N3O3. The number of carbonyl (C=O) groups excluding carboxylic acids is 1. The van der Waals surface area contributed by atoms with Crippen LogP contribution in [0.25, 0.3) is 17.0 Å². The summed E-state index contributed by atoms with van der Waals surface area (Å²) in [5.74, 6) is -0.698. The van der Waals surface area contributed by atoms with Crippen molar-refractivity contribution in [2.75, 3.05) is 6.61 Å². The molecule has 2 aromatic carbocycles. The number of H-pyrrole nitrogens is 1. The molecule has 0 atom stereocenters. The minimum atomic E-state index is -0.553. The SMILES string of the molecule is O=C(N=Nc1c(O)[nH]c2ccccc12)C(=Cc1ccccc1)CCO. The summed E-state index contributed by atoms with van der Waals surface area (Å²) in [6, 6.07) is 16.5. The number of aromatic amines is 1. The molecule has 0 bridgehead atoms. The second kappa shape index (κ2) is 7.55. The van der Waals surface area contributed by atoms with E-state index < -0.39 is 5.91 Å². The van der Waals surface area contributed by atoms with Crippen LogP contribution < -0.4 is 0 Å². The van der Waals surface area contributed by atoms with Gasteiger partial charge in [-0.25, -0.2) is 0 Å². The van der Waals surface area contributed by atoms with Crippen LogP contribution in [0.1, 0.15) is 12.0 Å². The topological polar surface area (TPSA) is 98.0 Å². The molecule has 0 radical (unpaired) electrons. The minimum absolute atomic E-state index is 0.145. The standard InChI is InChI=1S/C19H17N3O3/c23-11-10-14(12-13-6-2-1-3-7-13)18(24)22-21-17-15-8-4-5-9-16(15)20-19(17)25/h1-9,12,20,23,25H,10-11H2. The van der Waals surface area contributed by atoms with Gasteiger partial charge in [0, 0.05) is 24.0 Å². The van der Waals surface area contributed by atoms with Crippen LogP contribution in [0.2, 0.25) is 0 Å². The van der Waals surface area contributed by atoms with Gasteiger partial charge in [-0.05, 0) is 17.7 Å². The van der Waals surface area contributed by atoms with E-state index in [-0.39, 0.29) is 24.6 Å². The Bertz CT molecular complexity index is 943. The van der Waals surface area contributed by atoms with Crippen LogP contribution in [0.5, 0.6) is 5.88 Å². The number of amides is 1. The van der Waals surface area contributed by atoms with E-state index in [9.17, 15) is 15.0 Å². The highest BCUT2D eigenvalue weighted by Gasteiger charge is 2.12. The Labute approximate surface area is 144 Å². The molecule has 25 heavy (non-hydrogen) atoms. The predicted octanol–water partition coefficient (Wildman–Crippen LogP) is 3.95. The fourth-order valence-electron chi connectivity index (χ4n) is 2.49. The molecule has 0 aliphatic carbocycles. The van der Waals surface area contributed by atoms with E-state index in [2.05, 4.69) is 15.2 Å². The van der Waals surface area contributed by atoms with Crippen molar-refractivity contribution in [2.45, 2.75) is 6.42 Å². The Morgan fingerprint density at radius 1 is 1.08 bits per heavy atom. The van der Waals surface area contributed by atoms with Crippen molar-refractivity contribution in [1.29, 1.82) is 0 Å². The number of nitrogens with one attached hydrogen (secondary N) is 1. The molecule has 0 aliphatic rings. The molecule has 3 rings (SSSR count). The number of aromatic nitrogens is 1. The van der Waals surface area contributed by atoms with Gasteiger partial charge in [0.15, 0.2) is 5.69 Å². The van der Waals surface area contributed by atoms with Crippen LogP contribution in [-0.4, -0.2) is 27.7 Å². The molecule has 1 heterocycles. The number of aliphatic hydroxyl groups excluding tert-OH is 1. The molecule has 0 saturated carbocycles. The average molecular weight is 335 g/mol. The molecule has 3 N–H and O–H groups in total. The number of aliphatic hydroxyl groups is 1. The lowest BCUT2D eigenvalue weighted by Gasteiger charge is -2.01. The summed E-state index contributed by atoms with van der Waals surface area (Å²) in [5.41, 5.74) is 2.10. The smallest absolute Gasteiger partial charge is 0.291 e. The lowest BCUT2D eigenvalue weighted by atomic mass is 10.1. The van der Waals surface area contributed by atoms with Gasteiger partial charge < -0.3 is 15.2 Å². The zero-order chi connectivity index (χ0) is 17.6. The van der Waals surface area contributed by atoms with Crippen molar-refractivity contribution < 1.29 is 15.0 Å². The maximum atomic E-state index is 12.3. The second-order valence-corrected chi connectivity index (χ2v) is 5.43. The largest absolute Gasteiger partial charge is 0.493 e. The van der Waals surface area contributed by atoms with Gasteiger partial charge in [0.25, 0.3) is 5.91 Å². The first-order valence-corrected chi connectivity index (χ1v) is 7.81. The zero-order valence-electron chi connectivity index (χ0n) is 13.4. The molecule has 1 aromatic heterocycles. The van der Waals surface area contributed by atoms with Gasteiger partial charge in [-0.2, -0.15) is 0 Å². The summed E-state index contributed by atoms with van der Waals surface area (Å²) in [5, 5.41) is 27.4. The molecular weight excluding hydrogens is 318 g/mol. The van der Waals surface area contributed by atoms with Crippen molar-refractivity contribution >= 4 is 28.6 Å². The summed E-state index contributed by atoms with van der Waals surface area (Å²) in [7, 11) is 0. The van der Waals surface area contributed by atoms with E-state index in [0.717, 1.165) is 5.56 Å². The van der Waals surface area contributed by atoms with Crippen molar-refractivity contribution in [3.63, 3.8) is 0 Å². The summed E-state index contributed by atoms with van der Waals surface area (Å²) in [6.07, 6.45) is 1.85. The Hall–Kier alpha value is -3.25. The third-order valence-electron chi connectivity index (χ3n) is 3.70. The van der Waals surface area contributed by atoms with E-state index in [1.807, 2.05) is 42.5 Å². The van der Waals surface area contributed by atoms with Crippen LogP contribution in [0.4, 0.5) is 5.69 Å². The Morgan fingerprint density at radius 2 is 1.80 bits per heavy atom. The third-order valence-corrected chi connectivity index (χ3v) is 3.70. The summed E-state index contributed by atoms with van der Waals surface area (Å²) in [4.78, 5) is 15.1. The number of carbonyl (C=O) groups is 1. The molecule has 6 nitrogen and oxygen atoms in total. The molecule has 6 heteroatoms. The van der Waals surface area contributed by atoms with Crippen molar-refractivity contribution in [1.82, 2.24) is 4.98 Å². The van der Waals surface area contributed by atoms with Crippen LogP contribution in [0.3, 0.4) is 0 Å². The number of aromatic hydroxyl groups is 1. The quantitative estimate of drug-likeness (QED) is 0.486. The highest BCUT2D eigenvalue weighted by molar-refractivity contribution is 5.99. The molecule has 0 unspecified atom stereocenters. The third kappa shape index (κ3) is 3.81. The number of hydrogen-bond donors (Lipinski definition) is 3. The molecule has 0 fully saturated rings. The van der Waals surface area contributed by atoms with E-state index >= 15 is 0 Å². The van der Waals surface area contributed by atoms with Crippen LogP contribution in [0.15, 0.2) is 70.4 Å². The molecule has 3 aromatic rings. The number of para-hydroxylation sites is 1. The second-order valence-electron chi connectivity index (χ2n) is 5.43. The van der Waals surface area contributed by atoms with Gasteiger partial charge in [-0.15, -0.1) is 10.2 Å². The summed E-state index contributed by atoms with van der Waals surface area (Å²) >= 11 is 0. The monoisotopic (exact) mass is 335 g/mol. The minimum Gasteiger partial charge on any atom is -0.493 e. The van der Waals surface area contributed by atoms with Crippen molar-refractivity contribution in [2.24, 2.45) is 10.2 Å². The number of azo groups is 1. The summed E-state index contributed by atoms with van der Waals surface area (Å²) < 4.78 is 0. The van der Waals surface area contributed by atoms with Gasteiger partial charge in [-0.3, -0.25) is 4.79 Å². The first kappa shape index (κ1) is 16.6. The highest BCUT2D eigenvalue weighted by atomic mass is 16.3. The van der Waals surface area contributed by atoms with Gasteiger partial charge in [0.2, 0.25) is 5.88 Å². The lowest BCUT2D eigenvalue weighted by molar-refractivity contribution is -0.115. The Balaban J connectivity index is 1.89. The molecule has 0 saturated heterocycles. The van der Waals surface area contributed by atoms with E-state index in [1.165, 1.54) is 0 Å². The number of nitrogens with zero attached hydrogens (tertiary/aromatic N) is 2. The highest BCUT2D eigenvalue weighted by Crippen LogP contribution is 2.35. The fourth-order valence-corrected chi connectivity index (χ4v) is 2.49. The average Bonchev–Trinajstić information content (AvgIpc) is 2.95. The van der Waals surface area contributed by atoms with Gasteiger partial charge in [0.1, 0.15) is 0 Å². The first-order valence-electron chi connectivity index (χ1n) is 7.81.